The largest absolute Gasteiger partial charge is 0.449 e. The van der Waals surface area contributed by atoms with Crippen molar-refractivity contribution in [2.75, 3.05) is 32.8 Å². The lowest BCUT2D eigenvalue weighted by Gasteiger charge is -2.32. The Kier molecular flexibility index (Phi) is 7.85. The standard InChI is InChI=1S/C19H34N2O4/c1-15(2)17(25-19(23)21-12-8-5-9-13-21)16(3)14-24-18(22)20-10-6-4-7-11-20/h15-17H,4-14H2,1-3H3/t16-,17-/m0/s1. The Morgan fingerprint density at radius 1 is 0.800 bits per heavy atom. The highest BCUT2D eigenvalue weighted by Crippen LogP contribution is 2.20. The SMILES string of the molecule is CC(C)[C@H](OC(=O)N1CCCCC1)[C@@H](C)COC(=O)N1CCCCC1. The Hall–Kier alpha value is -1.46. The van der Waals surface area contributed by atoms with Crippen molar-refractivity contribution < 1.29 is 19.1 Å². The summed E-state index contributed by atoms with van der Waals surface area (Å²) in [5.74, 6) is 0.153. The summed E-state index contributed by atoms with van der Waals surface area (Å²) in [5, 5.41) is 0. The second-order valence-corrected chi connectivity index (χ2v) is 7.74. The Balaban J connectivity index is 1.81. The molecule has 0 bridgehead atoms. The van der Waals surface area contributed by atoms with Gasteiger partial charge in [-0.25, -0.2) is 9.59 Å². The predicted octanol–water partition coefficient (Wildman–Crippen LogP) is 3.89. The van der Waals surface area contributed by atoms with Gasteiger partial charge in [-0.2, -0.15) is 0 Å². The van der Waals surface area contributed by atoms with Crippen LogP contribution < -0.4 is 0 Å². The van der Waals surface area contributed by atoms with Crippen molar-refractivity contribution in [1.82, 2.24) is 9.80 Å². The van der Waals surface area contributed by atoms with Gasteiger partial charge in [-0.15, -0.1) is 0 Å². The fraction of sp³-hybridized carbons (Fsp3) is 0.895. The molecule has 25 heavy (non-hydrogen) atoms. The Labute approximate surface area is 151 Å². The second-order valence-electron chi connectivity index (χ2n) is 7.74. The number of carbonyl (C=O) groups excluding carboxylic acids is 2. The Bertz CT molecular complexity index is 429. The van der Waals surface area contributed by atoms with Gasteiger partial charge < -0.3 is 19.3 Å². The van der Waals surface area contributed by atoms with Crippen LogP contribution >= 0.6 is 0 Å². The average molecular weight is 354 g/mol. The van der Waals surface area contributed by atoms with Crippen molar-refractivity contribution in [3.8, 4) is 0 Å². The van der Waals surface area contributed by atoms with Crippen LogP contribution in [0.1, 0.15) is 59.3 Å². The second kappa shape index (κ2) is 9.88. The molecule has 0 radical (unpaired) electrons. The maximum absolute atomic E-state index is 12.4. The van der Waals surface area contributed by atoms with E-state index in [1.54, 1.807) is 9.80 Å². The lowest BCUT2D eigenvalue weighted by Crippen LogP contribution is -2.42. The molecular formula is C19H34N2O4. The van der Waals surface area contributed by atoms with Crippen LogP contribution in [0.5, 0.6) is 0 Å². The minimum absolute atomic E-state index is 0.0255. The summed E-state index contributed by atoms with van der Waals surface area (Å²) < 4.78 is 11.3. The van der Waals surface area contributed by atoms with Gasteiger partial charge in [-0.05, 0) is 44.4 Å². The van der Waals surface area contributed by atoms with Crippen molar-refractivity contribution in [1.29, 1.82) is 0 Å². The molecule has 2 aliphatic heterocycles. The zero-order chi connectivity index (χ0) is 18.2. The molecule has 0 aromatic heterocycles. The first-order valence-corrected chi connectivity index (χ1v) is 9.86. The highest BCUT2D eigenvalue weighted by molar-refractivity contribution is 5.68. The van der Waals surface area contributed by atoms with Gasteiger partial charge in [0.15, 0.2) is 0 Å². The lowest BCUT2D eigenvalue weighted by atomic mass is 9.95. The summed E-state index contributed by atoms with van der Waals surface area (Å²) in [5.41, 5.74) is 0. The van der Waals surface area contributed by atoms with E-state index >= 15 is 0 Å². The first kappa shape index (κ1) is 19.9. The minimum Gasteiger partial charge on any atom is -0.449 e. The van der Waals surface area contributed by atoms with E-state index in [2.05, 4.69) is 0 Å². The van der Waals surface area contributed by atoms with Crippen LogP contribution in [-0.4, -0.2) is 60.9 Å². The lowest BCUT2D eigenvalue weighted by molar-refractivity contribution is -0.00932. The highest BCUT2D eigenvalue weighted by atomic mass is 16.6. The van der Waals surface area contributed by atoms with E-state index < -0.39 is 0 Å². The number of hydrogen-bond acceptors (Lipinski definition) is 4. The Morgan fingerprint density at radius 2 is 1.28 bits per heavy atom. The van der Waals surface area contributed by atoms with Crippen molar-refractivity contribution >= 4 is 12.2 Å². The summed E-state index contributed by atoms with van der Waals surface area (Å²) in [6.07, 6.45) is 5.84. The molecular weight excluding hydrogens is 320 g/mol. The van der Waals surface area contributed by atoms with E-state index in [0.717, 1.165) is 51.9 Å². The quantitative estimate of drug-likeness (QED) is 0.751. The van der Waals surface area contributed by atoms with Gasteiger partial charge in [0, 0.05) is 32.1 Å². The van der Waals surface area contributed by atoms with Gasteiger partial charge in [0.2, 0.25) is 0 Å². The molecule has 0 N–H and O–H groups in total. The molecule has 144 valence electrons. The van der Waals surface area contributed by atoms with Crippen LogP contribution in [0.3, 0.4) is 0 Å². The first-order chi connectivity index (χ1) is 12.0. The third-order valence-corrected chi connectivity index (χ3v) is 5.15. The van der Waals surface area contributed by atoms with Gasteiger partial charge >= 0.3 is 12.2 Å². The number of piperidine rings is 2. The minimum atomic E-state index is -0.247. The normalized spacial score (nSPS) is 21.0. The van der Waals surface area contributed by atoms with E-state index in [9.17, 15) is 9.59 Å². The number of hydrogen-bond donors (Lipinski definition) is 0. The van der Waals surface area contributed by atoms with E-state index in [1.807, 2.05) is 20.8 Å². The molecule has 0 aliphatic carbocycles. The van der Waals surface area contributed by atoms with E-state index in [1.165, 1.54) is 12.8 Å². The maximum Gasteiger partial charge on any atom is 0.410 e. The molecule has 6 nitrogen and oxygen atoms in total. The summed E-state index contributed by atoms with van der Waals surface area (Å²) in [6, 6.07) is 0. The van der Waals surface area contributed by atoms with E-state index in [4.69, 9.17) is 9.47 Å². The summed E-state index contributed by atoms with van der Waals surface area (Å²) >= 11 is 0. The van der Waals surface area contributed by atoms with Gasteiger partial charge in [-0.3, -0.25) is 0 Å². The number of rotatable bonds is 5. The highest BCUT2D eigenvalue weighted by Gasteiger charge is 2.29. The number of nitrogens with zero attached hydrogens (tertiary/aromatic N) is 2. The molecule has 0 aromatic rings. The third-order valence-electron chi connectivity index (χ3n) is 5.15. The molecule has 0 saturated carbocycles. The van der Waals surface area contributed by atoms with Crippen molar-refractivity contribution in [3.05, 3.63) is 0 Å². The fourth-order valence-corrected chi connectivity index (χ4v) is 3.64. The molecule has 2 fully saturated rings. The van der Waals surface area contributed by atoms with Crippen LogP contribution in [0.15, 0.2) is 0 Å². The van der Waals surface area contributed by atoms with Crippen LogP contribution in [0.2, 0.25) is 0 Å². The summed E-state index contributed by atoms with van der Waals surface area (Å²) in [4.78, 5) is 28.1. The molecule has 6 heteroatoms. The Morgan fingerprint density at radius 3 is 1.76 bits per heavy atom. The molecule has 2 heterocycles. The van der Waals surface area contributed by atoms with Crippen molar-refractivity contribution in [2.45, 2.75) is 65.4 Å². The van der Waals surface area contributed by atoms with Gasteiger partial charge in [0.1, 0.15) is 6.10 Å². The predicted molar refractivity (Wildman–Crippen MR) is 96.5 cm³/mol. The molecule has 0 unspecified atom stereocenters. The zero-order valence-corrected chi connectivity index (χ0v) is 16.0. The number of amides is 2. The topological polar surface area (TPSA) is 59.1 Å². The molecule has 2 aliphatic rings. The van der Waals surface area contributed by atoms with Crippen molar-refractivity contribution in [3.63, 3.8) is 0 Å². The van der Waals surface area contributed by atoms with E-state index in [-0.39, 0.29) is 36.7 Å². The number of ether oxygens (including phenoxy) is 2. The monoisotopic (exact) mass is 354 g/mol. The van der Waals surface area contributed by atoms with Crippen LogP contribution in [0.25, 0.3) is 0 Å². The fourth-order valence-electron chi connectivity index (χ4n) is 3.64. The molecule has 2 saturated heterocycles. The maximum atomic E-state index is 12.4. The molecule has 0 spiro atoms. The van der Waals surface area contributed by atoms with Gasteiger partial charge in [0.25, 0.3) is 0 Å². The summed E-state index contributed by atoms with van der Waals surface area (Å²) in [6.45, 7) is 9.47. The van der Waals surface area contributed by atoms with Crippen LogP contribution in [0.4, 0.5) is 9.59 Å². The summed E-state index contributed by atoms with van der Waals surface area (Å²) in [7, 11) is 0. The molecule has 2 atom stereocenters. The van der Waals surface area contributed by atoms with Crippen LogP contribution in [-0.2, 0) is 9.47 Å². The van der Waals surface area contributed by atoms with Gasteiger partial charge in [-0.1, -0.05) is 20.8 Å². The zero-order valence-electron chi connectivity index (χ0n) is 16.0. The first-order valence-electron chi connectivity index (χ1n) is 9.86. The van der Waals surface area contributed by atoms with Gasteiger partial charge in [0.05, 0.1) is 6.61 Å². The van der Waals surface area contributed by atoms with E-state index in [0.29, 0.717) is 0 Å². The smallest absolute Gasteiger partial charge is 0.410 e. The number of carbonyl (C=O) groups is 2. The molecule has 2 amide bonds. The molecule has 2 rings (SSSR count). The molecule has 0 aromatic carbocycles. The number of likely N-dealkylation sites (tertiary alicyclic amines) is 2. The van der Waals surface area contributed by atoms with Crippen molar-refractivity contribution in [2.24, 2.45) is 11.8 Å². The van der Waals surface area contributed by atoms with Crippen LogP contribution in [0, 0.1) is 11.8 Å². The third kappa shape index (κ3) is 6.08. The average Bonchev–Trinajstić information content (AvgIpc) is 2.64.